The number of nitrogens with one attached hydrogen (secondary N) is 1. The summed E-state index contributed by atoms with van der Waals surface area (Å²) in [5.41, 5.74) is 0.472. The maximum atomic E-state index is 11.4. The Hall–Kier alpha value is -2.11. The molecule has 1 fully saturated rings. The van der Waals surface area contributed by atoms with E-state index in [2.05, 4.69) is 10.3 Å². The van der Waals surface area contributed by atoms with E-state index in [4.69, 9.17) is 0 Å². The summed E-state index contributed by atoms with van der Waals surface area (Å²) in [6.07, 6.45) is 2.98. The fraction of sp³-hybridized carbons (Fsp3) is 0.222. The zero-order valence-electron chi connectivity index (χ0n) is 7.80. The predicted octanol–water partition coefficient (Wildman–Crippen LogP) is 0.234. The zero-order chi connectivity index (χ0) is 10.8. The Kier molecular flexibility index (Phi) is 2.24. The van der Waals surface area contributed by atoms with E-state index in [0.717, 1.165) is 0 Å². The van der Waals surface area contributed by atoms with Crippen molar-refractivity contribution in [1.82, 2.24) is 10.3 Å². The first-order chi connectivity index (χ1) is 7.16. The second-order valence-corrected chi connectivity index (χ2v) is 3.16. The van der Waals surface area contributed by atoms with E-state index in [9.17, 15) is 14.7 Å². The molecule has 0 radical (unpaired) electrons. The molecule has 2 rings (SSSR count). The minimum Gasteiger partial charge on any atom is -0.506 e. The van der Waals surface area contributed by atoms with Gasteiger partial charge in [-0.05, 0) is 0 Å². The highest BCUT2D eigenvalue weighted by Crippen LogP contribution is 2.19. The van der Waals surface area contributed by atoms with Gasteiger partial charge in [0.15, 0.2) is 0 Å². The summed E-state index contributed by atoms with van der Waals surface area (Å²) in [5, 5.41) is 11.4. The lowest BCUT2D eigenvalue weighted by Crippen LogP contribution is -2.49. The van der Waals surface area contributed by atoms with E-state index in [1.54, 1.807) is 0 Å². The minimum atomic E-state index is -0.487. The molecule has 1 aliphatic rings. The number of rotatable bonds is 1. The summed E-state index contributed by atoms with van der Waals surface area (Å²) in [5.74, 6) is -0.304. The first kappa shape index (κ1) is 9.45. The van der Waals surface area contributed by atoms with Gasteiger partial charge in [-0.1, -0.05) is 0 Å². The van der Waals surface area contributed by atoms with Gasteiger partial charge in [0.25, 0.3) is 0 Å². The van der Waals surface area contributed by atoms with Crippen LogP contribution >= 0.6 is 0 Å². The Morgan fingerprint density at radius 2 is 2.20 bits per heavy atom. The summed E-state index contributed by atoms with van der Waals surface area (Å²) >= 11 is 0. The van der Waals surface area contributed by atoms with Crippen LogP contribution in [0.3, 0.4) is 0 Å². The second kappa shape index (κ2) is 3.56. The predicted molar refractivity (Wildman–Crippen MR) is 51.4 cm³/mol. The number of imide groups is 1. The lowest BCUT2D eigenvalue weighted by atomic mass is 10.2. The average Bonchev–Trinajstić information content (AvgIpc) is 2.17. The molecule has 0 spiro atoms. The molecule has 0 bridgehead atoms. The van der Waals surface area contributed by atoms with Crippen molar-refractivity contribution in [2.75, 3.05) is 11.4 Å². The molecule has 2 heterocycles. The molecule has 0 aliphatic carbocycles. The standard InChI is InChI=1S/C9H9N3O3/c13-7-3-6(4-10-5-7)12-2-1-8(14)11-9(12)15/h3-5,13H,1-2H2,(H,11,14,15). The molecular formula is C9H9N3O3. The Bertz CT molecular complexity index is 419. The van der Waals surface area contributed by atoms with Crippen LogP contribution in [0.25, 0.3) is 0 Å². The van der Waals surface area contributed by atoms with Crippen molar-refractivity contribution in [3.8, 4) is 5.75 Å². The van der Waals surface area contributed by atoms with Crippen molar-refractivity contribution in [3.05, 3.63) is 18.5 Å². The number of aromatic hydroxyl groups is 1. The van der Waals surface area contributed by atoms with Gasteiger partial charge in [-0.25, -0.2) is 4.79 Å². The van der Waals surface area contributed by atoms with Crippen LogP contribution in [0.4, 0.5) is 10.5 Å². The number of carbonyl (C=O) groups excluding carboxylic acids is 2. The van der Waals surface area contributed by atoms with Crippen molar-refractivity contribution < 1.29 is 14.7 Å². The molecule has 3 amide bonds. The van der Waals surface area contributed by atoms with Gasteiger partial charge >= 0.3 is 6.03 Å². The Morgan fingerprint density at radius 1 is 1.40 bits per heavy atom. The summed E-state index contributed by atoms with van der Waals surface area (Å²) in [7, 11) is 0. The third-order valence-electron chi connectivity index (χ3n) is 2.08. The summed E-state index contributed by atoms with van der Waals surface area (Å²) in [4.78, 5) is 27.4. The zero-order valence-corrected chi connectivity index (χ0v) is 7.80. The van der Waals surface area contributed by atoms with E-state index in [-0.39, 0.29) is 18.1 Å². The Morgan fingerprint density at radius 3 is 2.87 bits per heavy atom. The number of aromatic nitrogens is 1. The fourth-order valence-corrected chi connectivity index (χ4v) is 1.37. The maximum absolute atomic E-state index is 11.4. The van der Waals surface area contributed by atoms with Crippen LogP contribution in [0.15, 0.2) is 18.5 Å². The van der Waals surface area contributed by atoms with E-state index < -0.39 is 6.03 Å². The lowest BCUT2D eigenvalue weighted by molar-refractivity contribution is -0.120. The average molecular weight is 207 g/mol. The quantitative estimate of drug-likeness (QED) is 0.690. The van der Waals surface area contributed by atoms with Crippen LogP contribution < -0.4 is 10.2 Å². The smallest absolute Gasteiger partial charge is 0.328 e. The molecule has 1 aliphatic heterocycles. The van der Waals surface area contributed by atoms with Crippen molar-refractivity contribution in [2.45, 2.75) is 6.42 Å². The normalized spacial score (nSPS) is 16.4. The molecule has 6 nitrogen and oxygen atoms in total. The molecule has 0 atom stereocenters. The molecule has 15 heavy (non-hydrogen) atoms. The molecule has 0 saturated carbocycles. The molecule has 1 aromatic rings. The van der Waals surface area contributed by atoms with Gasteiger partial charge < -0.3 is 5.11 Å². The van der Waals surface area contributed by atoms with Crippen molar-refractivity contribution in [2.24, 2.45) is 0 Å². The number of anilines is 1. The topological polar surface area (TPSA) is 82.5 Å². The van der Waals surface area contributed by atoms with Crippen LogP contribution in [-0.2, 0) is 4.79 Å². The molecule has 0 unspecified atom stereocenters. The van der Waals surface area contributed by atoms with E-state index in [1.807, 2.05) is 0 Å². The third-order valence-corrected chi connectivity index (χ3v) is 2.08. The van der Waals surface area contributed by atoms with Gasteiger partial charge in [0.2, 0.25) is 5.91 Å². The fourth-order valence-electron chi connectivity index (χ4n) is 1.37. The second-order valence-electron chi connectivity index (χ2n) is 3.16. The Labute approximate surface area is 85.5 Å². The van der Waals surface area contributed by atoms with Crippen molar-refractivity contribution in [1.29, 1.82) is 0 Å². The summed E-state index contributed by atoms with van der Waals surface area (Å²) < 4.78 is 0. The Balaban J connectivity index is 2.24. The van der Waals surface area contributed by atoms with Gasteiger partial charge in [-0.2, -0.15) is 0 Å². The maximum Gasteiger partial charge on any atom is 0.328 e. The molecule has 78 valence electrons. The molecule has 6 heteroatoms. The first-order valence-electron chi connectivity index (χ1n) is 4.42. The number of carbonyl (C=O) groups is 2. The van der Waals surface area contributed by atoms with Crippen LogP contribution in [0, 0.1) is 0 Å². The monoisotopic (exact) mass is 207 g/mol. The van der Waals surface area contributed by atoms with Crippen molar-refractivity contribution in [3.63, 3.8) is 0 Å². The number of nitrogens with zero attached hydrogens (tertiary/aromatic N) is 2. The summed E-state index contributed by atoms with van der Waals surface area (Å²) in [6, 6.07) is 0.932. The lowest BCUT2D eigenvalue weighted by Gasteiger charge is -2.26. The highest BCUT2D eigenvalue weighted by molar-refractivity contribution is 6.05. The van der Waals surface area contributed by atoms with Crippen LogP contribution in [0.2, 0.25) is 0 Å². The third kappa shape index (κ3) is 1.88. The van der Waals surface area contributed by atoms with Gasteiger partial charge in [-0.3, -0.25) is 20.0 Å². The minimum absolute atomic E-state index is 0.0165. The number of urea groups is 1. The SMILES string of the molecule is O=C1CCN(c2cncc(O)c2)C(=O)N1. The summed E-state index contributed by atoms with van der Waals surface area (Å²) in [6.45, 7) is 0.301. The van der Waals surface area contributed by atoms with Crippen LogP contribution in [-0.4, -0.2) is 28.6 Å². The van der Waals surface area contributed by atoms with Crippen LogP contribution in [0.1, 0.15) is 6.42 Å². The molecular weight excluding hydrogens is 198 g/mol. The van der Waals surface area contributed by atoms with E-state index in [0.29, 0.717) is 12.2 Å². The first-order valence-corrected chi connectivity index (χ1v) is 4.42. The highest BCUT2D eigenvalue weighted by atomic mass is 16.3. The van der Waals surface area contributed by atoms with Crippen molar-refractivity contribution >= 4 is 17.6 Å². The van der Waals surface area contributed by atoms with Gasteiger partial charge in [-0.15, -0.1) is 0 Å². The largest absolute Gasteiger partial charge is 0.506 e. The van der Waals surface area contributed by atoms with E-state index >= 15 is 0 Å². The highest BCUT2D eigenvalue weighted by Gasteiger charge is 2.24. The number of hydrogen-bond donors (Lipinski definition) is 2. The molecule has 0 aromatic carbocycles. The van der Waals surface area contributed by atoms with Gasteiger partial charge in [0, 0.05) is 19.0 Å². The molecule has 1 aromatic heterocycles. The molecule has 1 saturated heterocycles. The van der Waals surface area contributed by atoms with E-state index in [1.165, 1.54) is 23.4 Å². The van der Waals surface area contributed by atoms with Gasteiger partial charge in [0.1, 0.15) is 5.75 Å². The van der Waals surface area contributed by atoms with Gasteiger partial charge in [0.05, 0.1) is 18.1 Å². The number of amides is 3. The molecule has 2 N–H and O–H groups in total. The number of hydrogen-bond acceptors (Lipinski definition) is 4. The van der Waals surface area contributed by atoms with Crippen LogP contribution in [0.5, 0.6) is 5.75 Å². The number of pyridine rings is 1.